The first-order chi connectivity index (χ1) is 14.5. The summed E-state index contributed by atoms with van der Waals surface area (Å²) in [5.74, 6) is -0.154. The number of anilines is 2. The van der Waals surface area contributed by atoms with E-state index in [0.717, 1.165) is 5.56 Å². The van der Waals surface area contributed by atoms with Crippen molar-refractivity contribution >= 4 is 28.4 Å². The maximum atomic E-state index is 13.7. The van der Waals surface area contributed by atoms with Crippen LogP contribution in [-0.2, 0) is 6.54 Å². The third-order valence-electron chi connectivity index (χ3n) is 4.54. The van der Waals surface area contributed by atoms with E-state index in [1.54, 1.807) is 36.7 Å². The summed E-state index contributed by atoms with van der Waals surface area (Å²) < 4.78 is 19.1. The van der Waals surface area contributed by atoms with Crippen molar-refractivity contribution in [2.24, 2.45) is 0 Å². The second-order valence-corrected chi connectivity index (χ2v) is 6.57. The van der Waals surface area contributed by atoms with Crippen molar-refractivity contribution in [2.75, 3.05) is 17.7 Å². The normalized spacial score (nSPS) is 10.7. The van der Waals surface area contributed by atoms with Gasteiger partial charge in [0.2, 0.25) is 0 Å². The topological polar surface area (TPSA) is 94.2 Å². The molecule has 0 aliphatic heterocycles. The number of nitrogens with zero attached hydrogens (tertiary/aromatic N) is 4. The fraction of sp³-hybridized carbons (Fsp3) is 0.0909. The molecule has 8 heteroatoms. The lowest BCUT2D eigenvalue weighted by molar-refractivity contribution is 0.0984. The van der Waals surface area contributed by atoms with Gasteiger partial charge in [-0.15, -0.1) is 0 Å². The van der Waals surface area contributed by atoms with Crippen LogP contribution in [0.1, 0.15) is 15.9 Å². The summed E-state index contributed by atoms with van der Waals surface area (Å²) in [6.07, 6.45) is 4.73. The number of halogens is 1. The van der Waals surface area contributed by atoms with Crippen LogP contribution in [0.25, 0.3) is 11.0 Å². The van der Waals surface area contributed by atoms with E-state index in [1.807, 2.05) is 6.07 Å². The molecule has 0 aliphatic rings. The summed E-state index contributed by atoms with van der Waals surface area (Å²) in [5.41, 5.74) is 8.63. The number of hydrogen-bond donors (Lipinski definition) is 1. The smallest absolute Gasteiger partial charge is 0.260 e. The van der Waals surface area contributed by atoms with Gasteiger partial charge in [-0.05, 0) is 48.0 Å². The molecule has 4 rings (SSSR count). The first-order valence-electron chi connectivity index (χ1n) is 9.12. The minimum Gasteiger partial charge on any atom is -0.494 e. The van der Waals surface area contributed by atoms with E-state index in [0.29, 0.717) is 28.1 Å². The van der Waals surface area contributed by atoms with Crippen molar-refractivity contribution in [2.45, 2.75) is 6.54 Å². The molecule has 7 nitrogen and oxygen atoms in total. The number of benzene rings is 1. The molecule has 0 atom stereocenters. The Balaban J connectivity index is 1.78. The Hall–Kier alpha value is -4.07. The molecule has 1 amide bonds. The predicted molar refractivity (Wildman–Crippen MR) is 112 cm³/mol. The Morgan fingerprint density at radius 2 is 2.00 bits per heavy atom. The maximum absolute atomic E-state index is 13.7. The lowest BCUT2D eigenvalue weighted by atomic mass is 10.1. The monoisotopic (exact) mass is 403 g/mol. The Bertz CT molecular complexity index is 1220. The lowest BCUT2D eigenvalue weighted by Crippen LogP contribution is -2.31. The Kier molecular flexibility index (Phi) is 5.21. The van der Waals surface area contributed by atoms with Crippen molar-refractivity contribution in [1.29, 1.82) is 0 Å². The van der Waals surface area contributed by atoms with Crippen LogP contribution in [0.3, 0.4) is 0 Å². The van der Waals surface area contributed by atoms with Gasteiger partial charge in [-0.1, -0.05) is 0 Å². The number of hydrogen-bond acceptors (Lipinski definition) is 6. The third kappa shape index (κ3) is 3.88. The van der Waals surface area contributed by atoms with Crippen LogP contribution in [0.4, 0.5) is 15.9 Å². The van der Waals surface area contributed by atoms with Crippen molar-refractivity contribution in [1.82, 2.24) is 15.0 Å². The third-order valence-corrected chi connectivity index (χ3v) is 4.54. The number of pyridine rings is 3. The Morgan fingerprint density at radius 1 is 1.13 bits per heavy atom. The van der Waals surface area contributed by atoms with Gasteiger partial charge in [0.15, 0.2) is 0 Å². The number of nitrogen functional groups attached to an aromatic ring is 1. The summed E-state index contributed by atoms with van der Waals surface area (Å²) >= 11 is 0. The summed E-state index contributed by atoms with van der Waals surface area (Å²) in [7, 11) is 1.43. The summed E-state index contributed by atoms with van der Waals surface area (Å²) in [6, 6.07) is 12.6. The van der Waals surface area contributed by atoms with Crippen LogP contribution in [0.5, 0.6) is 5.75 Å². The average Bonchev–Trinajstić information content (AvgIpc) is 2.77. The van der Waals surface area contributed by atoms with E-state index in [2.05, 4.69) is 15.0 Å². The molecular formula is C22H18FN5O2. The largest absolute Gasteiger partial charge is 0.494 e. The van der Waals surface area contributed by atoms with Crippen molar-refractivity contribution in [3.63, 3.8) is 0 Å². The van der Waals surface area contributed by atoms with Crippen LogP contribution in [-0.4, -0.2) is 28.0 Å². The van der Waals surface area contributed by atoms with E-state index >= 15 is 0 Å². The molecule has 2 N–H and O–H groups in total. The quantitative estimate of drug-likeness (QED) is 0.547. The van der Waals surface area contributed by atoms with Gasteiger partial charge >= 0.3 is 0 Å². The number of amides is 1. The Morgan fingerprint density at radius 3 is 2.77 bits per heavy atom. The zero-order chi connectivity index (χ0) is 21.1. The van der Waals surface area contributed by atoms with Crippen molar-refractivity contribution < 1.29 is 13.9 Å². The van der Waals surface area contributed by atoms with Crippen LogP contribution < -0.4 is 15.4 Å². The molecule has 0 saturated carbocycles. The van der Waals surface area contributed by atoms with Gasteiger partial charge in [-0.2, -0.15) is 0 Å². The molecule has 0 bridgehead atoms. The molecule has 1 aromatic carbocycles. The number of fused-ring (bicyclic) bond motifs is 1. The van der Waals surface area contributed by atoms with Gasteiger partial charge in [0.05, 0.1) is 35.9 Å². The van der Waals surface area contributed by atoms with E-state index < -0.39 is 5.82 Å². The second kappa shape index (κ2) is 8.12. The highest BCUT2D eigenvalue weighted by Gasteiger charge is 2.22. The van der Waals surface area contributed by atoms with E-state index in [1.165, 1.54) is 36.4 Å². The number of methoxy groups -OCH3 is 1. The fourth-order valence-electron chi connectivity index (χ4n) is 3.12. The maximum Gasteiger partial charge on any atom is 0.260 e. The number of ether oxygens (including phenoxy) is 1. The highest BCUT2D eigenvalue weighted by atomic mass is 19.1. The highest BCUT2D eigenvalue weighted by Crippen LogP contribution is 2.31. The number of carbonyl (C=O) groups excluding carboxylic acids is 1. The van der Waals surface area contributed by atoms with Gasteiger partial charge in [-0.25, -0.2) is 9.37 Å². The van der Waals surface area contributed by atoms with Crippen LogP contribution in [0.15, 0.2) is 67.1 Å². The van der Waals surface area contributed by atoms with E-state index in [-0.39, 0.29) is 18.2 Å². The van der Waals surface area contributed by atoms with E-state index in [4.69, 9.17) is 10.5 Å². The lowest BCUT2D eigenvalue weighted by Gasteiger charge is -2.25. The van der Waals surface area contributed by atoms with Gasteiger partial charge < -0.3 is 15.4 Å². The van der Waals surface area contributed by atoms with Crippen molar-refractivity contribution in [3.05, 3.63) is 84.1 Å². The first-order valence-corrected chi connectivity index (χ1v) is 9.12. The molecule has 30 heavy (non-hydrogen) atoms. The first kappa shape index (κ1) is 19.3. The Labute approximate surface area is 172 Å². The average molecular weight is 403 g/mol. The molecule has 0 spiro atoms. The summed E-state index contributed by atoms with van der Waals surface area (Å²) in [4.78, 5) is 27.5. The van der Waals surface area contributed by atoms with Gasteiger partial charge in [0.25, 0.3) is 5.91 Å². The number of aromatic nitrogens is 3. The van der Waals surface area contributed by atoms with Gasteiger partial charge in [0, 0.05) is 24.7 Å². The molecule has 3 aromatic heterocycles. The second-order valence-electron chi connectivity index (χ2n) is 6.57. The number of nitrogens with two attached hydrogens (primary N) is 1. The molecule has 0 aliphatic carbocycles. The predicted octanol–water partition coefficient (Wildman–Crippen LogP) is 3.60. The minimum atomic E-state index is -0.462. The zero-order valence-corrected chi connectivity index (χ0v) is 16.1. The highest BCUT2D eigenvalue weighted by molar-refractivity contribution is 6.06. The van der Waals surface area contributed by atoms with E-state index in [9.17, 15) is 9.18 Å². The van der Waals surface area contributed by atoms with Crippen LogP contribution in [0.2, 0.25) is 0 Å². The molecule has 4 aromatic rings. The molecule has 0 unspecified atom stereocenters. The molecule has 0 radical (unpaired) electrons. The summed E-state index contributed by atoms with van der Waals surface area (Å²) in [5, 5.41) is 0. The molecule has 0 saturated heterocycles. The molecule has 150 valence electrons. The van der Waals surface area contributed by atoms with Crippen LogP contribution >= 0.6 is 0 Å². The minimum absolute atomic E-state index is 0.162. The van der Waals surface area contributed by atoms with Gasteiger partial charge in [0.1, 0.15) is 17.4 Å². The van der Waals surface area contributed by atoms with Crippen LogP contribution in [0, 0.1) is 5.82 Å². The molecule has 3 heterocycles. The number of carbonyl (C=O) groups is 1. The SMILES string of the molecule is COc1cc(F)ccc1N(Cc1cnc2ccc(N)nc2c1)C(=O)c1cccnc1. The number of rotatable bonds is 5. The summed E-state index contributed by atoms with van der Waals surface area (Å²) in [6.45, 7) is 0.162. The fourth-order valence-corrected chi connectivity index (χ4v) is 3.12. The molecule has 0 fully saturated rings. The molecular weight excluding hydrogens is 385 g/mol. The standard InChI is InChI=1S/C22H18FN5O2/c1-30-20-10-16(23)4-6-19(20)28(22(29)15-3-2-8-25-12-15)13-14-9-18-17(26-11-14)5-7-21(24)27-18/h2-12H,13H2,1H3,(H2,24,27). The zero-order valence-electron chi connectivity index (χ0n) is 16.1. The van der Waals surface area contributed by atoms with Crippen molar-refractivity contribution in [3.8, 4) is 5.75 Å². The van der Waals surface area contributed by atoms with Gasteiger partial charge in [-0.3, -0.25) is 14.8 Å².